The number of aromatic nitrogens is 1. The van der Waals surface area contributed by atoms with Crippen LogP contribution in [0.4, 0.5) is 22.0 Å². The smallest absolute Gasteiger partial charge is 0.481 e. The minimum absolute atomic E-state index is 0.295. The highest BCUT2D eigenvalue weighted by molar-refractivity contribution is 14.1. The Balaban J connectivity index is 3.30. The van der Waals surface area contributed by atoms with Gasteiger partial charge >= 0.3 is 12.3 Å². The van der Waals surface area contributed by atoms with E-state index in [0.717, 1.165) is 0 Å². The molecule has 1 aromatic heterocycles. The maximum atomic E-state index is 12.5. The molecule has 1 rings (SSSR count). The van der Waals surface area contributed by atoms with Crippen molar-refractivity contribution in [1.29, 1.82) is 0 Å². The number of nitrogens with zero attached hydrogens (tertiary/aromatic N) is 1. The van der Waals surface area contributed by atoms with Gasteiger partial charge in [0, 0.05) is 0 Å². The van der Waals surface area contributed by atoms with Crippen molar-refractivity contribution in [3.63, 3.8) is 0 Å². The Morgan fingerprint density at radius 2 is 2.05 bits per heavy atom. The summed E-state index contributed by atoms with van der Waals surface area (Å²) >= 11 is 1.34. The van der Waals surface area contributed by atoms with Crippen LogP contribution in [0.2, 0.25) is 0 Å². The molecule has 0 spiro atoms. The Morgan fingerprint density at radius 3 is 2.47 bits per heavy atom. The van der Waals surface area contributed by atoms with Crippen LogP contribution in [-0.4, -0.2) is 22.4 Å². The predicted octanol–water partition coefficient (Wildman–Crippen LogP) is 3.15. The summed E-state index contributed by atoms with van der Waals surface area (Å²) in [6.45, 7) is 0. The third kappa shape index (κ3) is 4.76. The van der Waals surface area contributed by atoms with Crippen LogP contribution in [0, 0.1) is 3.57 Å². The van der Waals surface area contributed by atoms with Gasteiger partial charge in [0.25, 0.3) is 6.43 Å². The molecular weight excluding hydrogens is 392 g/mol. The van der Waals surface area contributed by atoms with Gasteiger partial charge in [-0.1, -0.05) is 0 Å². The molecule has 1 heterocycles. The van der Waals surface area contributed by atoms with Crippen LogP contribution in [0.1, 0.15) is 17.8 Å². The highest BCUT2D eigenvalue weighted by Gasteiger charge is 2.34. The van der Waals surface area contributed by atoms with Gasteiger partial charge in [0.2, 0.25) is 0 Å². The van der Waals surface area contributed by atoms with E-state index in [9.17, 15) is 26.7 Å². The minimum atomic E-state index is -5.07. The van der Waals surface area contributed by atoms with Crippen molar-refractivity contribution in [3.8, 4) is 5.75 Å². The van der Waals surface area contributed by atoms with Crippen LogP contribution in [0.3, 0.4) is 0 Å². The number of aliphatic carboxylic acids is 1. The number of hydrogen-bond acceptors (Lipinski definition) is 3. The second-order valence-electron chi connectivity index (χ2n) is 3.22. The first kappa shape index (κ1) is 15.9. The zero-order valence-corrected chi connectivity index (χ0v) is 11.0. The Bertz CT molecular complexity index is 491. The van der Waals surface area contributed by atoms with E-state index >= 15 is 0 Å². The third-order valence-electron chi connectivity index (χ3n) is 1.78. The first-order chi connectivity index (χ1) is 8.60. The number of carbonyl (C=O) groups is 1. The second kappa shape index (κ2) is 5.84. The van der Waals surface area contributed by atoms with E-state index in [4.69, 9.17) is 5.11 Å². The Morgan fingerprint density at radius 1 is 1.47 bits per heavy atom. The lowest BCUT2D eigenvalue weighted by atomic mass is 10.2. The topological polar surface area (TPSA) is 59.4 Å². The van der Waals surface area contributed by atoms with Crippen LogP contribution in [0.25, 0.3) is 0 Å². The predicted molar refractivity (Wildman–Crippen MR) is 59.9 cm³/mol. The lowest BCUT2D eigenvalue weighted by molar-refractivity contribution is -0.275. The number of carboxylic acid groups (broad SMARTS) is 1. The number of alkyl halides is 5. The van der Waals surface area contributed by atoms with Crippen LogP contribution in [0.15, 0.2) is 6.07 Å². The fourth-order valence-corrected chi connectivity index (χ4v) is 1.91. The molecule has 0 saturated heterocycles. The molecule has 0 aromatic carbocycles. The second-order valence-corrected chi connectivity index (χ2v) is 4.39. The number of hydrogen-bond donors (Lipinski definition) is 1. The molecule has 0 fully saturated rings. The van der Waals surface area contributed by atoms with E-state index in [2.05, 4.69) is 9.72 Å². The van der Waals surface area contributed by atoms with Crippen molar-refractivity contribution in [2.24, 2.45) is 0 Å². The summed E-state index contributed by atoms with van der Waals surface area (Å²) in [6, 6.07) is 0.706. The summed E-state index contributed by atoms with van der Waals surface area (Å²) in [5.74, 6) is -2.39. The average molecular weight is 397 g/mol. The molecule has 1 aromatic rings. The number of carboxylic acids is 1. The first-order valence-electron chi connectivity index (χ1n) is 4.55. The van der Waals surface area contributed by atoms with Gasteiger partial charge in [-0.15, -0.1) is 13.2 Å². The van der Waals surface area contributed by atoms with E-state index in [0.29, 0.717) is 6.07 Å². The molecule has 1 N–H and O–H groups in total. The molecule has 4 nitrogen and oxygen atoms in total. The van der Waals surface area contributed by atoms with E-state index in [1.54, 1.807) is 0 Å². The number of halogens is 6. The number of rotatable bonds is 4. The summed E-state index contributed by atoms with van der Waals surface area (Å²) in [5.41, 5.74) is -1.51. The molecule has 19 heavy (non-hydrogen) atoms. The zero-order valence-electron chi connectivity index (χ0n) is 8.84. The van der Waals surface area contributed by atoms with Crippen LogP contribution >= 0.6 is 22.6 Å². The van der Waals surface area contributed by atoms with Crippen molar-refractivity contribution in [1.82, 2.24) is 4.98 Å². The van der Waals surface area contributed by atoms with Crippen LogP contribution in [-0.2, 0) is 11.2 Å². The lowest BCUT2D eigenvalue weighted by Gasteiger charge is -2.14. The summed E-state index contributed by atoms with van der Waals surface area (Å²) < 4.78 is 64.7. The zero-order chi connectivity index (χ0) is 14.8. The Labute approximate surface area is 116 Å². The molecule has 0 unspecified atom stereocenters. The summed E-state index contributed by atoms with van der Waals surface area (Å²) in [5, 5.41) is 8.54. The fraction of sp³-hybridized carbons (Fsp3) is 0.333. The van der Waals surface area contributed by atoms with Crippen molar-refractivity contribution in [2.45, 2.75) is 19.2 Å². The first-order valence-corrected chi connectivity index (χ1v) is 5.63. The molecule has 0 saturated carbocycles. The summed E-state index contributed by atoms with van der Waals surface area (Å²) in [4.78, 5) is 13.7. The quantitative estimate of drug-likeness (QED) is 0.627. The van der Waals surface area contributed by atoms with Gasteiger partial charge in [-0.25, -0.2) is 13.8 Å². The highest BCUT2D eigenvalue weighted by Crippen LogP contribution is 2.33. The lowest BCUT2D eigenvalue weighted by Crippen LogP contribution is -2.20. The molecule has 10 heteroatoms. The Hall–Kier alpha value is -1.20. The van der Waals surface area contributed by atoms with Crippen molar-refractivity contribution in [2.75, 3.05) is 0 Å². The molecule has 0 radical (unpaired) electrons. The van der Waals surface area contributed by atoms with Crippen molar-refractivity contribution in [3.05, 3.63) is 21.0 Å². The third-order valence-corrected chi connectivity index (χ3v) is 2.58. The average Bonchev–Trinajstić information content (AvgIpc) is 2.20. The molecule has 0 bridgehead atoms. The normalized spacial score (nSPS) is 11.7. The maximum absolute atomic E-state index is 12.5. The molecule has 0 amide bonds. The molecule has 0 aliphatic rings. The minimum Gasteiger partial charge on any atom is -0.481 e. The van der Waals surface area contributed by atoms with E-state index in [1.807, 2.05) is 0 Å². The summed E-state index contributed by atoms with van der Waals surface area (Å²) in [7, 11) is 0. The van der Waals surface area contributed by atoms with Gasteiger partial charge < -0.3 is 9.84 Å². The van der Waals surface area contributed by atoms with Crippen LogP contribution < -0.4 is 4.74 Å². The van der Waals surface area contributed by atoms with Crippen molar-refractivity contribution >= 4 is 28.6 Å². The van der Waals surface area contributed by atoms with Gasteiger partial charge in [-0.05, 0) is 28.7 Å². The highest BCUT2D eigenvalue weighted by atomic mass is 127. The molecule has 0 atom stereocenters. The number of ether oxygens (including phenoxy) is 1. The SMILES string of the molecule is O=C(O)Cc1nc(C(F)F)cc(I)c1OC(F)(F)F. The van der Waals surface area contributed by atoms with Crippen LogP contribution in [0.5, 0.6) is 5.75 Å². The van der Waals surface area contributed by atoms with E-state index < -0.39 is 42.3 Å². The molecule has 106 valence electrons. The van der Waals surface area contributed by atoms with E-state index in [1.165, 1.54) is 22.6 Å². The number of pyridine rings is 1. The monoisotopic (exact) mass is 397 g/mol. The van der Waals surface area contributed by atoms with Gasteiger partial charge in [0.1, 0.15) is 5.69 Å². The van der Waals surface area contributed by atoms with E-state index in [-0.39, 0.29) is 3.57 Å². The Kier molecular flexibility index (Phi) is 4.87. The van der Waals surface area contributed by atoms with Crippen molar-refractivity contribution < 1.29 is 36.6 Å². The maximum Gasteiger partial charge on any atom is 0.573 e. The van der Waals surface area contributed by atoms with Gasteiger partial charge in [0.15, 0.2) is 5.75 Å². The fourth-order valence-electron chi connectivity index (χ4n) is 1.17. The van der Waals surface area contributed by atoms with Gasteiger partial charge in [0.05, 0.1) is 15.7 Å². The summed E-state index contributed by atoms with van der Waals surface area (Å²) in [6.07, 6.45) is -9.05. The molecular formula is C9H5F5INO3. The standard InChI is InChI=1S/C9H5F5INO3/c10-8(11)5-1-3(15)7(19-9(12,13)14)4(16-5)2-6(17)18/h1,8H,2H2,(H,17,18). The van der Waals surface area contributed by atoms with Gasteiger partial charge in [-0.2, -0.15) is 0 Å². The molecule has 0 aliphatic carbocycles. The van der Waals surface area contributed by atoms with Gasteiger partial charge in [-0.3, -0.25) is 4.79 Å². The molecule has 0 aliphatic heterocycles. The largest absolute Gasteiger partial charge is 0.573 e.